The van der Waals surface area contributed by atoms with Crippen molar-refractivity contribution >= 4 is 11.9 Å². The molecule has 0 saturated carbocycles. The largest absolute Gasteiger partial charge is 0.467 e. The lowest BCUT2D eigenvalue weighted by Gasteiger charge is -2.45. The quantitative estimate of drug-likeness (QED) is 0.207. The van der Waals surface area contributed by atoms with Gasteiger partial charge in [-0.1, -0.05) is 35.4 Å². The van der Waals surface area contributed by atoms with Gasteiger partial charge in [-0.15, -0.1) is 0 Å². The third-order valence-electron chi connectivity index (χ3n) is 6.08. The molecule has 3 aliphatic rings. The van der Waals surface area contributed by atoms with Crippen LogP contribution in [0.1, 0.15) is 12.5 Å². The lowest BCUT2D eigenvalue weighted by molar-refractivity contribution is -0.333. The van der Waals surface area contributed by atoms with E-state index in [0.29, 0.717) is 0 Å². The predicted octanol–water partition coefficient (Wildman–Crippen LogP) is -0.0576. The van der Waals surface area contributed by atoms with Gasteiger partial charge in [0, 0.05) is 11.8 Å². The first-order valence-corrected chi connectivity index (χ1v) is 11.2. The molecule has 3 aliphatic heterocycles. The van der Waals surface area contributed by atoms with Gasteiger partial charge in [0.05, 0.1) is 20.3 Å². The van der Waals surface area contributed by atoms with E-state index >= 15 is 0 Å². The molecule has 3 heterocycles. The van der Waals surface area contributed by atoms with Crippen LogP contribution in [0.25, 0.3) is 10.4 Å². The Morgan fingerprint density at radius 1 is 1.14 bits per heavy atom. The van der Waals surface area contributed by atoms with Gasteiger partial charge < -0.3 is 43.4 Å². The second-order valence-electron chi connectivity index (χ2n) is 8.44. The number of methoxy groups -OCH3 is 1. The van der Waals surface area contributed by atoms with E-state index in [0.717, 1.165) is 12.7 Å². The van der Waals surface area contributed by atoms with Crippen molar-refractivity contribution in [3.05, 3.63) is 46.3 Å². The molecular formula is C22H27N3O11. The number of fused-ring (bicyclic) bond motifs is 2. The Bertz CT molecular complexity index is 975. The number of azide groups is 1. The number of carbonyl (C=O) groups excluding carboxylic acids is 2. The first-order chi connectivity index (χ1) is 17.3. The van der Waals surface area contributed by atoms with Crippen LogP contribution in [0.3, 0.4) is 0 Å². The van der Waals surface area contributed by atoms with Gasteiger partial charge in [0.25, 0.3) is 0 Å². The molecule has 4 rings (SSSR count). The van der Waals surface area contributed by atoms with Crippen LogP contribution in [-0.4, -0.2) is 97.2 Å². The highest BCUT2D eigenvalue weighted by atomic mass is 16.8. The minimum Gasteiger partial charge on any atom is -0.467 e. The zero-order chi connectivity index (χ0) is 25.8. The van der Waals surface area contributed by atoms with Crippen LogP contribution in [0.2, 0.25) is 0 Å². The summed E-state index contributed by atoms with van der Waals surface area (Å²) in [5.74, 6) is -1.61. The summed E-state index contributed by atoms with van der Waals surface area (Å²) in [5.41, 5.74) is 9.79. The molecule has 6 unspecified atom stereocenters. The molecule has 0 amide bonds. The fourth-order valence-corrected chi connectivity index (χ4v) is 4.38. The first-order valence-electron chi connectivity index (χ1n) is 11.2. The minimum absolute atomic E-state index is 0.0197. The van der Waals surface area contributed by atoms with E-state index in [4.69, 9.17) is 34.0 Å². The molecule has 1 aromatic rings. The monoisotopic (exact) mass is 509 g/mol. The van der Waals surface area contributed by atoms with E-state index in [1.54, 1.807) is 24.3 Å². The molecule has 0 spiro atoms. The second kappa shape index (κ2) is 11.5. The van der Waals surface area contributed by atoms with E-state index < -0.39 is 73.3 Å². The minimum atomic E-state index is -1.68. The molecule has 3 saturated heterocycles. The van der Waals surface area contributed by atoms with Crippen LogP contribution in [0.15, 0.2) is 35.4 Å². The molecule has 0 aromatic heterocycles. The molecule has 1 aromatic carbocycles. The molecule has 196 valence electrons. The summed E-state index contributed by atoms with van der Waals surface area (Å²) in [6, 6.07) is 7.95. The number of aliphatic hydroxyl groups is 2. The van der Waals surface area contributed by atoms with Crippen molar-refractivity contribution in [3.63, 3.8) is 0 Å². The summed E-state index contributed by atoms with van der Waals surface area (Å²) in [4.78, 5) is 26.9. The SMILES string of the molecule is COC(=O)C1O[C@@H](O[C@@H]2C3CO[C@H](O3)C(N=[N+]=[N-])C2OC(C)=O)C(OCc2ccccc2)C(O)[C@@H]1O. The molecule has 14 heteroatoms. The Kier molecular flexibility index (Phi) is 8.39. The van der Waals surface area contributed by atoms with Crippen molar-refractivity contribution in [2.75, 3.05) is 13.7 Å². The maximum atomic E-state index is 12.2. The average molecular weight is 509 g/mol. The van der Waals surface area contributed by atoms with Gasteiger partial charge in [-0.05, 0) is 11.1 Å². The van der Waals surface area contributed by atoms with Crippen molar-refractivity contribution in [1.82, 2.24) is 0 Å². The third kappa shape index (κ3) is 5.45. The molecule has 14 nitrogen and oxygen atoms in total. The summed E-state index contributed by atoms with van der Waals surface area (Å²) < 4.78 is 39.0. The highest BCUT2D eigenvalue weighted by Crippen LogP contribution is 2.36. The Morgan fingerprint density at radius 3 is 2.56 bits per heavy atom. The molecule has 0 aliphatic carbocycles. The van der Waals surface area contributed by atoms with Crippen molar-refractivity contribution in [2.24, 2.45) is 5.11 Å². The predicted molar refractivity (Wildman–Crippen MR) is 116 cm³/mol. The van der Waals surface area contributed by atoms with E-state index in [9.17, 15) is 19.8 Å². The molecule has 36 heavy (non-hydrogen) atoms. The fourth-order valence-electron chi connectivity index (χ4n) is 4.38. The number of carbonyl (C=O) groups is 2. The number of hydrogen-bond acceptors (Lipinski definition) is 12. The van der Waals surface area contributed by atoms with Crippen LogP contribution in [0, 0.1) is 0 Å². The number of hydrogen-bond donors (Lipinski definition) is 2. The van der Waals surface area contributed by atoms with Gasteiger partial charge in [0.1, 0.15) is 42.7 Å². The number of aliphatic hydroxyl groups excluding tert-OH is 2. The van der Waals surface area contributed by atoms with Crippen molar-refractivity contribution in [1.29, 1.82) is 0 Å². The highest BCUT2D eigenvalue weighted by Gasteiger charge is 2.56. The van der Waals surface area contributed by atoms with Gasteiger partial charge in [0.15, 0.2) is 18.7 Å². The third-order valence-corrected chi connectivity index (χ3v) is 6.08. The Morgan fingerprint density at radius 2 is 1.89 bits per heavy atom. The van der Waals surface area contributed by atoms with Crippen LogP contribution in [-0.2, 0) is 49.4 Å². The maximum Gasteiger partial charge on any atom is 0.337 e. The van der Waals surface area contributed by atoms with Crippen LogP contribution in [0.5, 0.6) is 0 Å². The number of rotatable bonds is 8. The van der Waals surface area contributed by atoms with E-state index in [1.807, 2.05) is 6.07 Å². The van der Waals surface area contributed by atoms with Crippen LogP contribution in [0.4, 0.5) is 0 Å². The summed E-state index contributed by atoms with van der Waals surface area (Å²) in [7, 11) is 1.10. The normalized spacial score (nSPS) is 37.6. The van der Waals surface area contributed by atoms with Crippen LogP contribution < -0.4 is 0 Å². The molecule has 2 bridgehead atoms. The molecule has 2 N–H and O–H groups in total. The first kappa shape index (κ1) is 26.3. The highest BCUT2D eigenvalue weighted by molar-refractivity contribution is 5.75. The van der Waals surface area contributed by atoms with Crippen molar-refractivity contribution in [2.45, 2.75) is 74.9 Å². The Balaban J connectivity index is 1.62. The average Bonchev–Trinajstić information content (AvgIpc) is 3.31. The van der Waals surface area contributed by atoms with Crippen molar-refractivity contribution in [3.8, 4) is 0 Å². The lowest BCUT2D eigenvalue weighted by atomic mass is 9.96. The molecule has 3 fully saturated rings. The van der Waals surface area contributed by atoms with Gasteiger partial charge in [0.2, 0.25) is 0 Å². The zero-order valence-corrected chi connectivity index (χ0v) is 19.5. The molecule has 0 radical (unpaired) electrons. The summed E-state index contributed by atoms with van der Waals surface area (Å²) in [6.45, 7) is 1.23. The summed E-state index contributed by atoms with van der Waals surface area (Å²) in [5, 5.41) is 25.1. The summed E-state index contributed by atoms with van der Waals surface area (Å²) >= 11 is 0. The molecular weight excluding hydrogens is 482 g/mol. The summed E-state index contributed by atoms with van der Waals surface area (Å²) in [6.07, 6.45) is -11.6. The van der Waals surface area contributed by atoms with Gasteiger partial charge in [-0.2, -0.15) is 0 Å². The zero-order valence-electron chi connectivity index (χ0n) is 19.5. The topological polar surface area (TPSA) is 188 Å². The van der Waals surface area contributed by atoms with Crippen LogP contribution >= 0.6 is 0 Å². The van der Waals surface area contributed by atoms with E-state index in [-0.39, 0.29) is 13.2 Å². The van der Waals surface area contributed by atoms with E-state index in [1.165, 1.54) is 6.92 Å². The second-order valence-corrected chi connectivity index (χ2v) is 8.44. The number of ether oxygens (including phenoxy) is 7. The maximum absolute atomic E-state index is 12.2. The van der Waals surface area contributed by atoms with Crippen molar-refractivity contribution < 1.29 is 53.0 Å². The smallest absolute Gasteiger partial charge is 0.337 e. The number of esters is 2. The van der Waals surface area contributed by atoms with Gasteiger partial charge in [-0.25, -0.2) is 4.79 Å². The lowest BCUT2D eigenvalue weighted by Crippen LogP contribution is -2.64. The Labute approximate surface area is 205 Å². The number of nitrogens with zero attached hydrogens (tertiary/aromatic N) is 3. The fraction of sp³-hybridized carbons (Fsp3) is 0.636. The molecule has 10 atom stereocenters. The van der Waals surface area contributed by atoms with Gasteiger partial charge >= 0.3 is 11.9 Å². The Hall–Kier alpha value is -2.81. The standard InChI is InChI=1S/C22H27N3O11/c1-10(26)33-17-13(24-25-23)21-32-9-12(34-21)16(17)35-22-19(31-8-11-6-4-3-5-7-11)15(28)14(27)18(36-22)20(29)30-2/h3-7,12-19,21-22,27-28H,8-9H2,1-2H3/t12?,13?,14-,15?,16+,17?,18?,19?,21+,22+/m0/s1. The number of benzene rings is 1. The van der Waals surface area contributed by atoms with Gasteiger partial charge in [-0.3, -0.25) is 4.79 Å². The van der Waals surface area contributed by atoms with E-state index in [2.05, 4.69) is 14.8 Å².